The van der Waals surface area contributed by atoms with Crippen LogP contribution in [-0.2, 0) is 16.1 Å². The molecule has 0 spiro atoms. The monoisotopic (exact) mass is 425 g/mol. The fourth-order valence-electron chi connectivity index (χ4n) is 2.33. The van der Waals surface area contributed by atoms with E-state index >= 15 is 0 Å². The van der Waals surface area contributed by atoms with Crippen LogP contribution >= 0.6 is 27.3 Å². The maximum atomic E-state index is 12.2. The number of carbonyl (C=O) groups is 2. The lowest BCUT2D eigenvalue weighted by Gasteiger charge is -2.17. The number of nitrogens with zero attached hydrogens (tertiary/aromatic N) is 2. The molecule has 0 saturated heterocycles. The summed E-state index contributed by atoms with van der Waals surface area (Å²) in [5.74, 6) is -0.440. The molecule has 0 unspecified atom stereocenters. The molecule has 0 aliphatic heterocycles. The molecule has 0 aliphatic carbocycles. The molecule has 0 aliphatic rings. The van der Waals surface area contributed by atoms with Gasteiger partial charge in [0.1, 0.15) is 0 Å². The number of aryl methyl sites for hydroxylation is 2. The molecular formula is C17H20BrN3O3S. The second-order valence-corrected chi connectivity index (χ2v) is 7.54. The molecule has 2 rings (SSSR count). The number of carbonyl (C=O) groups excluding carboxylic acids is 2. The van der Waals surface area contributed by atoms with E-state index in [1.54, 1.807) is 17.0 Å². The topological polar surface area (TPSA) is 71.4 Å². The SMILES string of the molecule is Cc1cc(Br)ccc1NC(=O)CN(C)C(=O)CCn1c(C)csc1=O. The van der Waals surface area contributed by atoms with Gasteiger partial charge in [-0.2, -0.15) is 0 Å². The predicted octanol–water partition coefficient (Wildman–Crippen LogP) is 2.78. The first-order valence-corrected chi connectivity index (χ1v) is 9.40. The second-order valence-electron chi connectivity index (χ2n) is 5.80. The molecule has 0 radical (unpaired) electrons. The highest BCUT2D eigenvalue weighted by Crippen LogP contribution is 2.19. The molecule has 2 amide bonds. The van der Waals surface area contributed by atoms with Gasteiger partial charge in [0.25, 0.3) is 0 Å². The number of benzene rings is 1. The summed E-state index contributed by atoms with van der Waals surface area (Å²) in [6.45, 7) is 4.02. The van der Waals surface area contributed by atoms with Gasteiger partial charge in [-0.3, -0.25) is 14.4 Å². The van der Waals surface area contributed by atoms with Gasteiger partial charge in [-0.15, -0.1) is 0 Å². The first-order valence-electron chi connectivity index (χ1n) is 7.73. The number of thiazole rings is 1. The van der Waals surface area contributed by atoms with E-state index in [0.717, 1.165) is 32.8 Å². The Bertz CT molecular complexity index is 844. The van der Waals surface area contributed by atoms with Crippen LogP contribution in [0.25, 0.3) is 0 Å². The average Bonchev–Trinajstić information content (AvgIpc) is 2.86. The molecular weight excluding hydrogens is 406 g/mol. The molecule has 6 nitrogen and oxygen atoms in total. The molecule has 1 N–H and O–H groups in total. The van der Waals surface area contributed by atoms with E-state index in [0.29, 0.717) is 6.54 Å². The summed E-state index contributed by atoms with van der Waals surface area (Å²) in [7, 11) is 1.58. The third-order valence-corrected chi connectivity index (χ3v) is 5.17. The Kier molecular flexibility index (Phi) is 6.55. The Morgan fingerprint density at radius 2 is 2.04 bits per heavy atom. The lowest BCUT2D eigenvalue weighted by atomic mass is 10.2. The largest absolute Gasteiger partial charge is 0.336 e. The smallest absolute Gasteiger partial charge is 0.307 e. The highest BCUT2D eigenvalue weighted by atomic mass is 79.9. The highest BCUT2D eigenvalue weighted by molar-refractivity contribution is 9.10. The van der Waals surface area contributed by atoms with Gasteiger partial charge in [0.2, 0.25) is 11.8 Å². The van der Waals surface area contributed by atoms with Crippen LogP contribution in [0.3, 0.4) is 0 Å². The van der Waals surface area contributed by atoms with E-state index in [1.807, 2.05) is 32.0 Å². The van der Waals surface area contributed by atoms with Crippen LogP contribution in [0.2, 0.25) is 0 Å². The maximum absolute atomic E-state index is 12.2. The van der Waals surface area contributed by atoms with E-state index in [9.17, 15) is 14.4 Å². The molecule has 0 atom stereocenters. The van der Waals surface area contributed by atoms with E-state index in [1.165, 1.54) is 4.90 Å². The number of halogens is 1. The average molecular weight is 426 g/mol. The van der Waals surface area contributed by atoms with Crippen LogP contribution in [0, 0.1) is 13.8 Å². The zero-order chi connectivity index (χ0) is 18.6. The van der Waals surface area contributed by atoms with Crippen molar-refractivity contribution in [1.29, 1.82) is 0 Å². The molecule has 2 aromatic rings. The number of hydrogen-bond acceptors (Lipinski definition) is 4. The van der Waals surface area contributed by atoms with Crippen molar-refractivity contribution in [3.8, 4) is 0 Å². The minimum Gasteiger partial charge on any atom is -0.336 e. The summed E-state index contributed by atoms with van der Waals surface area (Å²) in [6.07, 6.45) is 0.179. The van der Waals surface area contributed by atoms with Crippen molar-refractivity contribution in [2.45, 2.75) is 26.8 Å². The summed E-state index contributed by atoms with van der Waals surface area (Å²) in [6, 6.07) is 5.56. The number of aromatic nitrogens is 1. The van der Waals surface area contributed by atoms with Crippen molar-refractivity contribution in [3.05, 3.63) is 49.0 Å². The van der Waals surface area contributed by atoms with Gasteiger partial charge in [-0.05, 0) is 37.6 Å². The molecule has 25 heavy (non-hydrogen) atoms. The van der Waals surface area contributed by atoms with E-state index in [2.05, 4.69) is 21.2 Å². The van der Waals surface area contributed by atoms with Gasteiger partial charge in [-0.1, -0.05) is 27.3 Å². The van der Waals surface area contributed by atoms with Crippen molar-refractivity contribution in [3.63, 3.8) is 0 Å². The summed E-state index contributed by atoms with van der Waals surface area (Å²) in [4.78, 5) is 37.3. The van der Waals surface area contributed by atoms with Crippen LogP contribution < -0.4 is 10.2 Å². The number of amides is 2. The van der Waals surface area contributed by atoms with Crippen LogP contribution in [0.1, 0.15) is 17.7 Å². The lowest BCUT2D eigenvalue weighted by Crippen LogP contribution is -2.35. The van der Waals surface area contributed by atoms with Crippen molar-refractivity contribution in [1.82, 2.24) is 9.47 Å². The number of anilines is 1. The molecule has 8 heteroatoms. The number of rotatable bonds is 6. The molecule has 0 saturated carbocycles. The Balaban J connectivity index is 1.87. The van der Waals surface area contributed by atoms with Crippen molar-refractivity contribution in [2.24, 2.45) is 0 Å². The molecule has 0 fully saturated rings. The van der Waals surface area contributed by atoms with Gasteiger partial charge in [0, 0.05) is 41.2 Å². The molecule has 1 heterocycles. The van der Waals surface area contributed by atoms with Gasteiger partial charge >= 0.3 is 4.87 Å². The number of nitrogens with one attached hydrogen (secondary N) is 1. The minimum atomic E-state index is -0.259. The third-order valence-electron chi connectivity index (χ3n) is 3.79. The van der Waals surface area contributed by atoms with Crippen molar-refractivity contribution < 1.29 is 9.59 Å². The van der Waals surface area contributed by atoms with E-state index < -0.39 is 0 Å². The first-order chi connectivity index (χ1) is 11.8. The van der Waals surface area contributed by atoms with Gasteiger partial charge in [-0.25, -0.2) is 0 Å². The summed E-state index contributed by atoms with van der Waals surface area (Å²) in [5, 5.41) is 4.57. The van der Waals surface area contributed by atoms with E-state index in [-0.39, 0.29) is 29.7 Å². The first kappa shape index (κ1) is 19.4. The fraction of sp³-hybridized carbons (Fsp3) is 0.353. The Labute approximate surface area is 158 Å². The van der Waals surface area contributed by atoms with Gasteiger partial charge < -0.3 is 14.8 Å². The normalized spacial score (nSPS) is 10.6. The van der Waals surface area contributed by atoms with Crippen LogP contribution in [0.5, 0.6) is 0 Å². The van der Waals surface area contributed by atoms with E-state index in [4.69, 9.17) is 0 Å². The Morgan fingerprint density at radius 1 is 1.32 bits per heavy atom. The highest BCUT2D eigenvalue weighted by Gasteiger charge is 2.14. The standard InChI is InChI=1S/C17H20BrN3O3S/c1-11-8-13(18)4-5-14(11)19-15(22)9-20(3)16(23)6-7-21-12(2)10-25-17(21)24/h4-5,8,10H,6-7,9H2,1-3H3,(H,19,22). The molecule has 1 aromatic carbocycles. The van der Waals surface area contributed by atoms with Crippen LogP contribution in [0.15, 0.2) is 32.8 Å². The van der Waals surface area contributed by atoms with Crippen LogP contribution in [0.4, 0.5) is 5.69 Å². The minimum absolute atomic E-state index is 0.0359. The third kappa shape index (κ3) is 5.27. The zero-order valence-corrected chi connectivity index (χ0v) is 16.7. The van der Waals surface area contributed by atoms with Crippen molar-refractivity contribution >= 4 is 44.8 Å². The molecule has 1 aromatic heterocycles. The fourth-order valence-corrected chi connectivity index (χ4v) is 3.57. The number of likely N-dealkylation sites (N-methyl/N-ethyl adjacent to an activating group) is 1. The van der Waals surface area contributed by atoms with Crippen molar-refractivity contribution in [2.75, 3.05) is 18.9 Å². The summed E-state index contributed by atoms with van der Waals surface area (Å²) >= 11 is 4.50. The quantitative estimate of drug-likeness (QED) is 0.772. The number of hydrogen-bond donors (Lipinski definition) is 1. The molecule has 0 bridgehead atoms. The van der Waals surface area contributed by atoms with Gasteiger partial charge in [0.05, 0.1) is 6.54 Å². The maximum Gasteiger partial charge on any atom is 0.307 e. The summed E-state index contributed by atoms with van der Waals surface area (Å²) in [5.41, 5.74) is 2.49. The van der Waals surface area contributed by atoms with Gasteiger partial charge in [0.15, 0.2) is 0 Å². The van der Waals surface area contributed by atoms with Crippen LogP contribution in [-0.4, -0.2) is 34.9 Å². The lowest BCUT2D eigenvalue weighted by molar-refractivity contribution is -0.133. The predicted molar refractivity (Wildman–Crippen MR) is 103 cm³/mol. The molecule has 134 valence electrons. The Hall–Kier alpha value is -1.93. The zero-order valence-electron chi connectivity index (χ0n) is 14.3. The second kappa shape index (κ2) is 8.44. The Morgan fingerprint density at radius 3 is 2.64 bits per heavy atom. The summed E-state index contributed by atoms with van der Waals surface area (Å²) < 4.78 is 2.51.